The molecule has 0 atom stereocenters. The molecule has 0 unspecified atom stereocenters. The van der Waals surface area contributed by atoms with Gasteiger partial charge in [-0.15, -0.1) is 0 Å². The zero-order valence-electron chi connectivity index (χ0n) is 13.2. The fourth-order valence-electron chi connectivity index (χ4n) is 2.42. The highest BCUT2D eigenvalue weighted by Gasteiger charge is 2.17. The van der Waals surface area contributed by atoms with E-state index in [-0.39, 0.29) is 18.0 Å². The fourth-order valence-corrected chi connectivity index (χ4v) is 2.42. The van der Waals surface area contributed by atoms with Crippen molar-refractivity contribution >= 4 is 5.69 Å². The van der Waals surface area contributed by atoms with E-state index in [1.54, 1.807) is 12.3 Å². The molecule has 1 aromatic heterocycles. The van der Waals surface area contributed by atoms with Crippen LogP contribution in [0.5, 0.6) is 5.75 Å². The standard InChI is InChI=1S/C19H16N2O3/c1-14-11-17(9-10-20-14)16-7-8-19(18(12-16)21(22)23)24-13-15-5-3-2-4-6-15/h2-12H,13H2,1H3. The van der Waals surface area contributed by atoms with E-state index in [2.05, 4.69) is 4.98 Å². The Hall–Kier alpha value is -3.21. The highest BCUT2D eigenvalue weighted by Crippen LogP contribution is 2.33. The third-order valence-corrected chi connectivity index (χ3v) is 3.62. The molecule has 120 valence electrons. The van der Waals surface area contributed by atoms with Gasteiger partial charge < -0.3 is 4.74 Å². The highest BCUT2D eigenvalue weighted by molar-refractivity contribution is 5.68. The van der Waals surface area contributed by atoms with Gasteiger partial charge >= 0.3 is 5.69 Å². The second kappa shape index (κ2) is 6.91. The number of ether oxygens (including phenoxy) is 1. The van der Waals surface area contributed by atoms with Crippen molar-refractivity contribution < 1.29 is 9.66 Å². The number of pyridine rings is 1. The van der Waals surface area contributed by atoms with Crippen molar-refractivity contribution in [1.82, 2.24) is 4.98 Å². The molecule has 0 aliphatic rings. The van der Waals surface area contributed by atoms with E-state index in [0.717, 1.165) is 22.4 Å². The van der Waals surface area contributed by atoms with Gasteiger partial charge in [0.1, 0.15) is 6.61 Å². The van der Waals surface area contributed by atoms with Crippen molar-refractivity contribution in [1.29, 1.82) is 0 Å². The summed E-state index contributed by atoms with van der Waals surface area (Å²) >= 11 is 0. The van der Waals surface area contributed by atoms with Gasteiger partial charge in [0.25, 0.3) is 0 Å². The van der Waals surface area contributed by atoms with Gasteiger partial charge in [-0.3, -0.25) is 15.1 Å². The van der Waals surface area contributed by atoms with Crippen molar-refractivity contribution in [3.05, 3.63) is 88.2 Å². The number of benzene rings is 2. The van der Waals surface area contributed by atoms with Crippen molar-refractivity contribution in [2.45, 2.75) is 13.5 Å². The van der Waals surface area contributed by atoms with Gasteiger partial charge in [0.15, 0.2) is 5.75 Å². The summed E-state index contributed by atoms with van der Waals surface area (Å²) in [4.78, 5) is 15.1. The molecule has 3 aromatic rings. The lowest BCUT2D eigenvalue weighted by atomic mass is 10.1. The minimum absolute atomic E-state index is 0.0436. The van der Waals surface area contributed by atoms with Crippen molar-refractivity contribution in [2.75, 3.05) is 0 Å². The number of nitrogens with zero attached hydrogens (tertiary/aromatic N) is 2. The van der Waals surface area contributed by atoms with E-state index < -0.39 is 4.92 Å². The maximum absolute atomic E-state index is 11.4. The SMILES string of the molecule is Cc1cc(-c2ccc(OCc3ccccc3)c([N+](=O)[O-])c2)ccn1. The van der Waals surface area contributed by atoms with Crippen LogP contribution in [0, 0.1) is 17.0 Å². The zero-order chi connectivity index (χ0) is 16.9. The molecule has 0 aliphatic heterocycles. The monoisotopic (exact) mass is 320 g/mol. The largest absolute Gasteiger partial charge is 0.482 e. The van der Waals surface area contributed by atoms with E-state index >= 15 is 0 Å². The molecule has 0 N–H and O–H groups in total. The molecular formula is C19H16N2O3. The second-order valence-electron chi connectivity index (χ2n) is 5.40. The third-order valence-electron chi connectivity index (χ3n) is 3.62. The molecule has 5 nitrogen and oxygen atoms in total. The van der Waals surface area contributed by atoms with Gasteiger partial charge in [0.05, 0.1) is 4.92 Å². The minimum atomic E-state index is -0.419. The lowest BCUT2D eigenvalue weighted by Crippen LogP contribution is -1.99. The molecule has 1 heterocycles. The Morgan fingerprint density at radius 2 is 1.79 bits per heavy atom. The number of aryl methyl sites for hydroxylation is 1. The number of rotatable bonds is 5. The van der Waals surface area contributed by atoms with Gasteiger partial charge in [0.2, 0.25) is 0 Å². The van der Waals surface area contributed by atoms with Crippen LogP contribution in [-0.4, -0.2) is 9.91 Å². The molecule has 0 radical (unpaired) electrons. The minimum Gasteiger partial charge on any atom is -0.482 e. The highest BCUT2D eigenvalue weighted by atomic mass is 16.6. The lowest BCUT2D eigenvalue weighted by Gasteiger charge is -2.09. The topological polar surface area (TPSA) is 65.3 Å². The maximum Gasteiger partial charge on any atom is 0.311 e. The molecular weight excluding hydrogens is 304 g/mol. The zero-order valence-corrected chi connectivity index (χ0v) is 13.2. The van der Waals surface area contributed by atoms with Crippen LogP contribution < -0.4 is 4.74 Å². The predicted molar refractivity (Wildman–Crippen MR) is 91.8 cm³/mol. The van der Waals surface area contributed by atoms with Gasteiger partial charge in [-0.2, -0.15) is 0 Å². The Bertz CT molecular complexity index is 863. The van der Waals surface area contributed by atoms with Crippen LogP contribution in [0.25, 0.3) is 11.1 Å². The number of hydrogen-bond donors (Lipinski definition) is 0. The Morgan fingerprint density at radius 1 is 1.04 bits per heavy atom. The quantitative estimate of drug-likeness (QED) is 0.511. The van der Waals surface area contributed by atoms with Crippen LogP contribution in [0.15, 0.2) is 66.9 Å². The molecule has 0 fully saturated rings. The summed E-state index contributed by atoms with van der Waals surface area (Å²) in [5.41, 5.74) is 3.43. The first-order valence-corrected chi connectivity index (χ1v) is 7.51. The normalized spacial score (nSPS) is 10.4. The Kier molecular flexibility index (Phi) is 4.52. The summed E-state index contributed by atoms with van der Waals surface area (Å²) in [5.74, 6) is 0.262. The second-order valence-corrected chi connectivity index (χ2v) is 5.40. The van der Waals surface area contributed by atoms with Gasteiger partial charge in [-0.25, -0.2) is 0 Å². The van der Waals surface area contributed by atoms with E-state index in [1.165, 1.54) is 6.07 Å². The lowest BCUT2D eigenvalue weighted by molar-refractivity contribution is -0.385. The number of nitro groups is 1. The maximum atomic E-state index is 11.4. The van der Waals surface area contributed by atoms with Gasteiger partial charge in [-0.1, -0.05) is 36.4 Å². The molecule has 24 heavy (non-hydrogen) atoms. The van der Waals surface area contributed by atoms with Crippen molar-refractivity contribution in [3.8, 4) is 16.9 Å². The van der Waals surface area contributed by atoms with Crippen LogP contribution in [-0.2, 0) is 6.61 Å². The molecule has 3 rings (SSSR count). The van der Waals surface area contributed by atoms with Crippen LogP contribution in [0.2, 0.25) is 0 Å². The molecule has 0 saturated carbocycles. The van der Waals surface area contributed by atoms with Crippen LogP contribution >= 0.6 is 0 Å². The Labute approximate surface area is 139 Å². The smallest absolute Gasteiger partial charge is 0.311 e. The van der Waals surface area contributed by atoms with Crippen LogP contribution in [0.1, 0.15) is 11.3 Å². The van der Waals surface area contributed by atoms with E-state index in [1.807, 2.05) is 55.5 Å². The van der Waals surface area contributed by atoms with Crippen molar-refractivity contribution in [3.63, 3.8) is 0 Å². The summed E-state index contributed by atoms with van der Waals surface area (Å²) in [6.07, 6.45) is 1.69. The Balaban J connectivity index is 1.89. The fraction of sp³-hybridized carbons (Fsp3) is 0.105. The molecule has 2 aromatic carbocycles. The van der Waals surface area contributed by atoms with Crippen LogP contribution in [0.4, 0.5) is 5.69 Å². The third kappa shape index (κ3) is 3.57. The number of hydrogen-bond acceptors (Lipinski definition) is 4. The molecule has 5 heteroatoms. The van der Waals surface area contributed by atoms with E-state index in [9.17, 15) is 10.1 Å². The average molecular weight is 320 g/mol. The molecule has 0 aliphatic carbocycles. The van der Waals surface area contributed by atoms with E-state index in [4.69, 9.17) is 4.74 Å². The van der Waals surface area contributed by atoms with Gasteiger partial charge in [0, 0.05) is 18.0 Å². The summed E-state index contributed by atoms with van der Waals surface area (Å²) in [6, 6.07) is 18.3. The van der Waals surface area contributed by atoms with E-state index in [0.29, 0.717) is 0 Å². The predicted octanol–water partition coefficient (Wildman–Crippen LogP) is 4.54. The first-order valence-electron chi connectivity index (χ1n) is 7.51. The van der Waals surface area contributed by atoms with Crippen LogP contribution in [0.3, 0.4) is 0 Å². The first kappa shape index (κ1) is 15.7. The summed E-state index contributed by atoms with van der Waals surface area (Å²) in [7, 11) is 0. The molecule has 0 saturated heterocycles. The number of aromatic nitrogens is 1. The summed E-state index contributed by atoms with van der Waals surface area (Å²) in [5, 5.41) is 11.4. The average Bonchev–Trinajstić information content (AvgIpc) is 2.60. The molecule has 0 amide bonds. The summed E-state index contributed by atoms with van der Waals surface area (Å²) < 4.78 is 5.65. The Morgan fingerprint density at radius 3 is 2.50 bits per heavy atom. The molecule has 0 spiro atoms. The van der Waals surface area contributed by atoms with Crippen molar-refractivity contribution in [2.24, 2.45) is 0 Å². The first-order chi connectivity index (χ1) is 11.6. The number of nitro benzene ring substituents is 1. The summed E-state index contributed by atoms with van der Waals surface area (Å²) in [6.45, 7) is 2.17. The molecule has 0 bridgehead atoms. The van der Waals surface area contributed by atoms with Gasteiger partial charge in [-0.05, 0) is 41.8 Å².